The summed E-state index contributed by atoms with van der Waals surface area (Å²) in [5, 5.41) is 0. The summed E-state index contributed by atoms with van der Waals surface area (Å²) in [5.41, 5.74) is 3.46. The summed E-state index contributed by atoms with van der Waals surface area (Å²) in [6.07, 6.45) is 9.15. The van der Waals surface area contributed by atoms with E-state index in [1.54, 1.807) is 18.6 Å². The van der Waals surface area contributed by atoms with Gasteiger partial charge in [-0.05, 0) is 48.5 Å². The Morgan fingerprint density at radius 1 is 0.522 bits per heavy atom. The molecule has 0 bridgehead atoms. The molecule has 0 saturated carbocycles. The van der Waals surface area contributed by atoms with Gasteiger partial charge in [0.05, 0.1) is 22.8 Å². The Balaban J connectivity index is 0.000000632. The van der Waals surface area contributed by atoms with Crippen molar-refractivity contribution in [2.24, 2.45) is 0 Å². The summed E-state index contributed by atoms with van der Waals surface area (Å²) >= 11 is 0. The van der Waals surface area contributed by atoms with Crippen LogP contribution in [-0.4, -0.2) is 37.4 Å². The molecule has 7 nitrogen and oxygen atoms in total. The van der Waals surface area contributed by atoms with E-state index in [4.69, 9.17) is 0 Å². The molecule has 0 unspecified atom stereocenters. The van der Waals surface area contributed by atoms with E-state index in [0.29, 0.717) is 0 Å². The zero-order valence-corrected chi connectivity index (χ0v) is 26.3. The van der Waals surface area contributed by atoms with Crippen molar-refractivity contribution in [1.29, 1.82) is 0 Å². The first kappa shape index (κ1) is 42.5. The maximum atomic E-state index is 9.87. The third kappa shape index (κ3) is 23.9. The molecule has 0 aromatic carbocycles. The number of hydrogen-bond acceptors (Lipinski definition) is 6. The molecule has 2 N–H and O–H groups in total. The van der Waals surface area contributed by atoms with Crippen LogP contribution in [0.3, 0.4) is 0 Å². The van der Waals surface area contributed by atoms with Crippen molar-refractivity contribution in [3.05, 3.63) is 110 Å². The second-order valence-corrected chi connectivity index (χ2v) is 12.2. The summed E-state index contributed by atoms with van der Waals surface area (Å²) in [6, 6.07) is 23.3. The Morgan fingerprint density at radius 3 is 1.20 bits per heavy atom. The molecule has 1 aliphatic rings. The summed E-state index contributed by atoms with van der Waals surface area (Å²) in [7, 11) is -19.4. The summed E-state index contributed by atoms with van der Waals surface area (Å²) < 4.78 is 118. The standard InChI is InChI=1S/C15H11N3.C9H9N3.2F6P.H2O.Ru/c1-3-10-16-12(6-1)14-8-5-9-15(18-14)13-7-2-4-11-17-13;1-11-6-7-12(8-11)9-4-2-3-5-10-9;2*1-7(2,3,4,5)6;;/h1-11H;2-7H,1H3;;;1H2;/q;;2*-1;;+2. The minimum atomic E-state index is -10.7. The van der Waals surface area contributed by atoms with Crippen LogP contribution in [-0.2, 0) is 19.5 Å². The predicted molar refractivity (Wildman–Crippen MR) is 148 cm³/mol. The van der Waals surface area contributed by atoms with Crippen LogP contribution in [0.15, 0.2) is 104 Å². The number of hydrogen-bond donors (Lipinski definition) is 0. The molecule has 0 atom stereocenters. The fraction of sp³-hybridized carbons (Fsp3) is 0.0417. The molecular weight excluding hydrogens is 779 g/mol. The van der Waals surface area contributed by atoms with Gasteiger partial charge in [0, 0.05) is 38.0 Å². The van der Waals surface area contributed by atoms with E-state index in [0.717, 1.165) is 28.6 Å². The molecule has 0 aliphatic carbocycles. The molecule has 256 valence electrons. The van der Waals surface area contributed by atoms with E-state index in [1.165, 1.54) is 0 Å². The number of halogens is 12. The molecule has 5 rings (SSSR count). The maximum absolute atomic E-state index is 10.7. The van der Waals surface area contributed by atoms with E-state index in [9.17, 15) is 50.4 Å². The van der Waals surface area contributed by atoms with Gasteiger partial charge in [0.2, 0.25) is 6.67 Å². The van der Waals surface area contributed by atoms with Crippen LogP contribution in [0.4, 0.5) is 56.2 Å². The van der Waals surface area contributed by atoms with E-state index < -0.39 is 15.6 Å². The minimum absolute atomic E-state index is 0. The molecule has 46 heavy (non-hydrogen) atoms. The van der Waals surface area contributed by atoms with E-state index in [-0.39, 0.29) is 25.0 Å². The van der Waals surface area contributed by atoms with Crippen LogP contribution in [0.2, 0.25) is 0 Å². The second kappa shape index (κ2) is 14.1. The van der Waals surface area contributed by atoms with Crippen LogP contribution < -0.4 is 4.90 Å². The van der Waals surface area contributed by atoms with Crippen LogP contribution in [0.5, 0.6) is 0 Å². The molecule has 0 saturated heterocycles. The third-order valence-corrected chi connectivity index (χ3v) is 4.20. The summed E-state index contributed by atoms with van der Waals surface area (Å²) in [6.45, 7) is 3.06. The topological polar surface area (TPSA) is 89.5 Å². The fourth-order valence-electron chi connectivity index (χ4n) is 2.78. The predicted octanol–water partition coefficient (Wildman–Crippen LogP) is 10.4. The Bertz CT molecular complexity index is 1430. The summed E-state index contributed by atoms with van der Waals surface area (Å²) in [4.78, 5) is 21.1. The molecule has 4 aromatic rings. The first-order valence-corrected chi connectivity index (χ1v) is 15.6. The Hall–Kier alpha value is -3.46. The minimum Gasteiger partial charge on any atom is -0.412 e. The van der Waals surface area contributed by atoms with Gasteiger partial charge in [0.15, 0.2) is 0 Å². The number of nitrogens with zero attached hydrogens (tertiary/aromatic N) is 6. The van der Waals surface area contributed by atoms with Gasteiger partial charge in [0.1, 0.15) is 5.82 Å². The second-order valence-electron chi connectivity index (χ2n) is 8.32. The van der Waals surface area contributed by atoms with Crippen LogP contribution in [0, 0.1) is 6.67 Å². The molecule has 2 radical (unpaired) electrons. The van der Waals surface area contributed by atoms with Gasteiger partial charge in [-0.25, -0.2) is 9.97 Å². The first-order valence-electron chi connectivity index (χ1n) is 11.5. The Labute approximate surface area is 266 Å². The quantitative estimate of drug-likeness (QED) is 0.116. The zero-order valence-electron chi connectivity index (χ0n) is 22.8. The van der Waals surface area contributed by atoms with E-state index in [1.807, 2.05) is 102 Å². The zero-order chi connectivity index (χ0) is 33.4. The molecule has 1 aliphatic heterocycles. The van der Waals surface area contributed by atoms with Crippen LogP contribution in [0.25, 0.3) is 22.8 Å². The Morgan fingerprint density at radius 2 is 0.891 bits per heavy atom. The monoisotopic (exact) mass is 802 g/mol. The molecule has 0 fully saturated rings. The van der Waals surface area contributed by atoms with E-state index >= 15 is 0 Å². The van der Waals surface area contributed by atoms with Gasteiger partial charge in [-0.15, -0.1) is 0 Å². The average molecular weight is 801 g/mol. The molecule has 22 heteroatoms. The Kier molecular flexibility index (Phi) is 13.1. The number of rotatable bonds is 3. The molecule has 5 heterocycles. The van der Waals surface area contributed by atoms with Crippen molar-refractivity contribution in [2.45, 2.75) is 0 Å². The fourth-order valence-corrected chi connectivity index (χ4v) is 2.78. The van der Waals surface area contributed by atoms with Gasteiger partial charge in [-0.2, -0.15) is 0 Å². The maximum Gasteiger partial charge on any atom is 2.00 e. The van der Waals surface area contributed by atoms with Crippen molar-refractivity contribution in [3.8, 4) is 22.8 Å². The first-order chi connectivity index (χ1) is 19.7. The van der Waals surface area contributed by atoms with Gasteiger partial charge >= 0.3 is 85.5 Å². The number of aromatic nitrogens is 4. The van der Waals surface area contributed by atoms with Crippen molar-refractivity contribution >= 4 is 21.4 Å². The smallest absolute Gasteiger partial charge is 0.412 e. The normalized spacial score (nSPS) is 15.2. The molecule has 4 aromatic heterocycles. The van der Waals surface area contributed by atoms with Crippen molar-refractivity contribution in [3.63, 3.8) is 0 Å². The van der Waals surface area contributed by atoms with Crippen LogP contribution in [0.1, 0.15) is 0 Å². The molecule has 0 spiro atoms. The van der Waals surface area contributed by atoms with Crippen LogP contribution >= 0.6 is 15.6 Å². The van der Waals surface area contributed by atoms with Gasteiger partial charge < -0.3 is 10.4 Å². The van der Waals surface area contributed by atoms with Gasteiger partial charge in [-0.1, -0.05) is 24.3 Å². The van der Waals surface area contributed by atoms with Gasteiger partial charge in [0.25, 0.3) is 0 Å². The van der Waals surface area contributed by atoms with E-state index in [2.05, 4.69) is 26.6 Å². The van der Waals surface area contributed by atoms with Crippen molar-refractivity contribution in [1.82, 2.24) is 24.8 Å². The number of pyridine rings is 4. The largest absolute Gasteiger partial charge is 2.00 e. The van der Waals surface area contributed by atoms with Gasteiger partial charge in [-0.3, -0.25) is 14.9 Å². The SMILES string of the molecule is CN1[C]N(c2ccccn2)C=C1.F[P-](F)(F)(F)(F)F.F[P-](F)(F)(F)(F)F.O.[Ru+2].c1ccc(-c2cccc(-c3ccccn3)n2)nc1. The van der Waals surface area contributed by atoms with Crippen molar-refractivity contribution in [2.75, 3.05) is 11.9 Å². The molecule has 0 amide bonds. The summed E-state index contributed by atoms with van der Waals surface area (Å²) in [5.74, 6) is 0.887. The average Bonchev–Trinajstić information content (AvgIpc) is 3.33. The third-order valence-electron chi connectivity index (χ3n) is 4.20. The van der Waals surface area contributed by atoms with Crippen molar-refractivity contribution < 1.29 is 75.3 Å². The number of anilines is 1. The molecular formula is C24H22F12N6OP2Ru.